The molecule has 0 aliphatic carbocycles. The number of aromatic nitrogens is 4. The Morgan fingerprint density at radius 2 is 1.80 bits per heavy atom. The van der Waals surface area contributed by atoms with E-state index in [4.69, 9.17) is 0 Å². The predicted molar refractivity (Wildman–Crippen MR) is 95.8 cm³/mol. The van der Waals surface area contributed by atoms with Gasteiger partial charge in [-0.05, 0) is 55.3 Å². The Balaban J connectivity index is 1.79. The topological polar surface area (TPSA) is 55.6 Å². The van der Waals surface area contributed by atoms with Crippen LogP contribution in [0.1, 0.15) is 11.1 Å². The molecule has 0 aliphatic rings. The SMILES string of the molecule is Cc1ccc(C)c(Nc2ncnc3c2cnn3-c2ccc(F)cc2)c1. The Labute approximate surface area is 144 Å². The molecule has 1 N–H and O–H groups in total. The van der Waals surface area contributed by atoms with Crippen LogP contribution in [0.25, 0.3) is 16.7 Å². The molecule has 0 unspecified atom stereocenters. The molecule has 4 aromatic rings. The molecule has 2 aromatic carbocycles. The number of halogens is 1. The summed E-state index contributed by atoms with van der Waals surface area (Å²) < 4.78 is 14.8. The first-order chi connectivity index (χ1) is 12.1. The van der Waals surface area contributed by atoms with Crippen LogP contribution in [0.2, 0.25) is 0 Å². The number of fused-ring (bicyclic) bond motifs is 1. The van der Waals surface area contributed by atoms with E-state index in [1.165, 1.54) is 24.0 Å². The van der Waals surface area contributed by atoms with Crippen molar-refractivity contribution in [2.24, 2.45) is 0 Å². The molecule has 6 heteroatoms. The first-order valence-corrected chi connectivity index (χ1v) is 7.91. The molecule has 0 spiro atoms. The average Bonchev–Trinajstić information content (AvgIpc) is 3.04. The highest BCUT2D eigenvalue weighted by molar-refractivity contribution is 5.89. The number of benzene rings is 2. The highest BCUT2D eigenvalue weighted by Gasteiger charge is 2.12. The van der Waals surface area contributed by atoms with Crippen LogP contribution in [0, 0.1) is 19.7 Å². The van der Waals surface area contributed by atoms with Crippen molar-refractivity contribution in [3.8, 4) is 5.69 Å². The van der Waals surface area contributed by atoms with Gasteiger partial charge >= 0.3 is 0 Å². The lowest BCUT2D eigenvalue weighted by Gasteiger charge is -2.10. The van der Waals surface area contributed by atoms with Crippen LogP contribution in [0.4, 0.5) is 15.9 Å². The van der Waals surface area contributed by atoms with Crippen molar-refractivity contribution >= 4 is 22.5 Å². The Morgan fingerprint density at radius 3 is 2.60 bits per heavy atom. The van der Waals surface area contributed by atoms with Gasteiger partial charge in [0.1, 0.15) is 18.0 Å². The molecule has 0 amide bonds. The van der Waals surface area contributed by atoms with E-state index < -0.39 is 0 Å². The van der Waals surface area contributed by atoms with Crippen LogP contribution in [0.15, 0.2) is 55.0 Å². The number of nitrogens with zero attached hydrogens (tertiary/aromatic N) is 4. The molecule has 0 bridgehead atoms. The normalized spacial score (nSPS) is 11.0. The molecular formula is C19H16FN5. The van der Waals surface area contributed by atoms with Gasteiger partial charge < -0.3 is 5.32 Å². The fourth-order valence-electron chi connectivity index (χ4n) is 2.71. The lowest BCUT2D eigenvalue weighted by atomic mass is 10.1. The molecule has 2 aromatic heterocycles. The average molecular weight is 333 g/mol. The third-order valence-electron chi connectivity index (χ3n) is 4.08. The molecule has 2 heterocycles. The van der Waals surface area contributed by atoms with Crippen molar-refractivity contribution in [3.63, 3.8) is 0 Å². The Morgan fingerprint density at radius 1 is 1.00 bits per heavy atom. The summed E-state index contributed by atoms with van der Waals surface area (Å²) in [5.74, 6) is 0.402. The summed E-state index contributed by atoms with van der Waals surface area (Å²) in [6, 6.07) is 12.4. The van der Waals surface area contributed by atoms with Crippen molar-refractivity contribution in [2.75, 3.05) is 5.32 Å². The van der Waals surface area contributed by atoms with Crippen LogP contribution in [-0.2, 0) is 0 Å². The van der Waals surface area contributed by atoms with Crippen LogP contribution < -0.4 is 5.32 Å². The predicted octanol–water partition coefficient (Wildman–Crippen LogP) is 4.32. The van der Waals surface area contributed by atoms with Gasteiger partial charge in [0.25, 0.3) is 0 Å². The molecule has 0 atom stereocenters. The van der Waals surface area contributed by atoms with Crippen molar-refractivity contribution in [2.45, 2.75) is 13.8 Å². The molecule has 124 valence electrons. The zero-order chi connectivity index (χ0) is 17.4. The summed E-state index contributed by atoms with van der Waals surface area (Å²) in [6.45, 7) is 4.09. The summed E-state index contributed by atoms with van der Waals surface area (Å²) in [7, 11) is 0. The largest absolute Gasteiger partial charge is 0.339 e. The molecule has 0 saturated heterocycles. The van der Waals surface area contributed by atoms with Crippen LogP contribution >= 0.6 is 0 Å². The monoisotopic (exact) mass is 333 g/mol. The maximum atomic E-state index is 13.2. The van der Waals surface area contributed by atoms with E-state index in [0.717, 1.165) is 22.3 Å². The third kappa shape index (κ3) is 2.82. The summed E-state index contributed by atoms with van der Waals surface area (Å²) in [6.07, 6.45) is 3.21. The number of rotatable bonds is 3. The van der Waals surface area contributed by atoms with Gasteiger partial charge in [-0.2, -0.15) is 5.10 Å². The van der Waals surface area contributed by atoms with Crippen molar-refractivity contribution in [1.82, 2.24) is 19.7 Å². The zero-order valence-electron chi connectivity index (χ0n) is 13.9. The van der Waals surface area contributed by atoms with E-state index in [1.54, 1.807) is 23.0 Å². The summed E-state index contributed by atoms with van der Waals surface area (Å²) in [4.78, 5) is 8.70. The number of anilines is 2. The second-order valence-electron chi connectivity index (χ2n) is 5.94. The molecule has 0 aliphatic heterocycles. The first kappa shape index (κ1) is 15.3. The van der Waals surface area contributed by atoms with Gasteiger partial charge in [-0.25, -0.2) is 19.0 Å². The smallest absolute Gasteiger partial charge is 0.168 e. The summed E-state index contributed by atoms with van der Waals surface area (Å²) in [5, 5.41) is 8.55. The summed E-state index contributed by atoms with van der Waals surface area (Å²) >= 11 is 0. The van der Waals surface area contributed by atoms with E-state index in [2.05, 4.69) is 38.6 Å². The second-order valence-corrected chi connectivity index (χ2v) is 5.94. The Bertz CT molecular complexity index is 1050. The minimum atomic E-state index is -0.285. The van der Waals surface area contributed by atoms with Gasteiger partial charge in [-0.1, -0.05) is 12.1 Å². The molecule has 5 nitrogen and oxygen atoms in total. The fourth-order valence-corrected chi connectivity index (χ4v) is 2.71. The third-order valence-corrected chi connectivity index (χ3v) is 4.08. The lowest BCUT2D eigenvalue weighted by molar-refractivity contribution is 0.627. The Hall–Kier alpha value is -3.28. The van der Waals surface area contributed by atoms with Gasteiger partial charge in [-0.15, -0.1) is 0 Å². The number of hydrogen-bond acceptors (Lipinski definition) is 4. The van der Waals surface area contributed by atoms with Crippen LogP contribution in [-0.4, -0.2) is 19.7 Å². The maximum absolute atomic E-state index is 13.2. The van der Waals surface area contributed by atoms with Crippen LogP contribution in [0.5, 0.6) is 0 Å². The number of nitrogens with one attached hydrogen (secondary N) is 1. The first-order valence-electron chi connectivity index (χ1n) is 7.91. The van der Waals surface area contributed by atoms with Crippen LogP contribution in [0.3, 0.4) is 0 Å². The molecule has 4 rings (SSSR count). The minimum absolute atomic E-state index is 0.285. The number of aryl methyl sites for hydroxylation is 2. The second kappa shape index (κ2) is 5.98. The van der Waals surface area contributed by atoms with E-state index in [1.807, 2.05) is 13.8 Å². The van der Waals surface area contributed by atoms with Gasteiger partial charge in [0.2, 0.25) is 0 Å². The quantitative estimate of drug-likeness (QED) is 0.607. The van der Waals surface area contributed by atoms with Gasteiger partial charge in [0, 0.05) is 5.69 Å². The zero-order valence-corrected chi connectivity index (χ0v) is 13.9. The Kier molecular flexibility index (Phi) is 3.65. The molecule has 25 heavy (non-hydrogen) atoms. The van der Waals surface area contributed by atoms with E-state index in [9.17, 15) is 4.39 Å². The fraction of sp³-hybridized carbons (Fsp3) is 0.105. The molecule has 0 radical (unpaired) electrons. The standard InChI is InChI=1S/C19H16FN5/c1-12-3-4-13(2)17(9-12)24-18-16-10-23-25(19(16)22-11-21-18)15-7-5-14(20)6-8-15/h3-11H,1-2H3,(H,21,22,24). The van der Waals surface area contributed by atoms with Gasteiger partial charge in [0.15, 0.2) is 5.65 Å². The minimum Gasteiger partial charge on any atom is -0.339 e. The highest BCUT2D eigenvalue weighted by atomic mass is 19.1. The van der Waals surface area contributed by atoms with Crippen molar-refractivity contribution < 1.29 is 4.39 Å². The molecule has 0 fully saturated rings. The molecular weight excluding hydrogens is 317 g/mol. The van der Waals surface area contributed by atoms with Gasteiger partial charge in [0.05, 0.1) is 17.3 Å². The highest BCUT2D eigenvalue weighted by Crippen LogP contribution is 2.26. The van der Waals surface area contributed by atoms with Crippen molar-refractivity contribution in [1.29, 1.82) is 0 Å². The number of hydrogen-bond donors (Lipinski definition) is 1. The summed E-state index contributed by atoms with van der Waals surface area (Å²) in [5.41, 5.74) is 4.69. The molecule has 0 saturated carbocycles. The lowest BCUT2D eigenvalue weighted by Crippen LogP contribution is -2.00. The van der Waals surface area contributed by atoms with Gasteiger partial charge in [-0.3, -0.25) is 0 Å². The van der Waals surface area contributed by atoms with E-state index >= 15 is 0 Å². The maximum Gasteiger partial charge on any atom is 0.168 e. The van der Waals surface area contributed by atoms with E-state index in [0.29, 0.717) is 11.5 Å². The van der Waals surface area contributed by atoms with E-state index in [-0.39, 0.29) is 5.82 Å². The van der Waals surface area contributed by atoms with Crippen molar-refractivity contribution in [3.05, 3.63) is 71.9 Å².